The SMILES string of the molecule is CNCC(=O)NC(CC(=O)OC)c1ccccc1.Cl. The molecule has 6 heteroatoms. The van der Waals surface area contributed by atoms with Crippen molar-refractivity contribution in [2.45, 2.75) is 12.5 Å². The Kier molecular flexibility index (Phi) is 8.57. The molecule has 0 aliphatic carbocycles. The van der Waals surface area contributed by atoms with Crippen molar-refractivity contribution in [1.82, 2.24) is 10.6 Å². The summed E-state index contributed by atoms with van der Waals surface area (Å²) in [6, 6.07) is 8.99. The Hall–Kier alpha value is -1.59. The first-order valence-electron chi connectivity index (χ1n) is 5.73. The van der Waals surface area contributed by atoms with Crippen molar-refractivity contribution < 1.29 is 14.3 Å². The molecule has 0 aliphatic heterocycles. The third kappa shape index (κ3) is 6.22. The summed E-state index contributed by atoms with van der Waals surface area (Å²) in [7, 11) is 3.03. The third-order valence-corrected chi connectivity index (χ3v) is 2.47. The van der Waals surface area contributed by atoms with E-state index in [4.69, 9.17) is 0 Å². The number of amides is 1. The van der Waals surface area contributed by atoms with Crippen LogP contribution in [0.1, 0.15) is 18.0 Å². The van der Waals surface area contributed by atoms with Crippen molar-refractivity contribution in [2.75, 3.05) is 20.7 Å². The van der Waals surface area contributed by atoms with E-state index in [0.29, 0.717) is 0 Å². The highest BCUT2D eigenvalue weighted by molar-refractivity contribution is 5.85. The van der Waals surface area contributed by atoms with Crippen LogP contribution in [0, 0.1) is 0 Å². The van der Waals surface area contributed by atoms with E-state index in [0.717, 1.165) is 5.56 Å². The number of benzene rings is 1. The van der Waals surface area contributed by atoms with E-state index in [1.165, 1.54) is 7.11 Å². The molecule has 2 N–H and O–H groups in total. The van der Waals surface area contributed by atoms with Crippen LogP contribution in [-0.4, -0.2) is 32.6 Å². The molecule has 106 valence electrons. The Balaban J connectivity index is 0.00000324. The van der Waals surface area contributed by atoms with Crippen LogP contribution in [0.5, 0.6) is 0 Å². The average Bonchev–Trinajstić information content (AvgIpc) is 2.39. The van der Waals surface area contributed by atoms with Gasteiger partial charge in [0, 0.05) is 0 Å². The molecule has 1 unspecified atom stereocenters. The molecule has 0 saturated heterocycles. The number of nitrogens with one attached hydrogen (secondary N) is 2. The number of ether oxygens (including phenoxy) is 1. The fraction of sp³-hybridized carbons (Fsp3) is 0.385. The molecule has 0 fully saturated rings. The molecular weight excluding hydrogens is 268 g/mol. The van der Waals surface area contributed by atoms with Crippen LogP contribution in [0.2, 0.25) is 0 Å². The Morgan fingerprint density at radius 3 is 2.42 bits per heavy atom. The van der Waals surface area contributed by atoms with E-state index in [-0.39, 0.29) is 43.3 Å². The molecule has 0 bridgehead atoms. The molecule has 1 atom stereocenters. The van der Waals surface area contributed by atoms with Gasteiger partial charge < -0.3 is 15.4 Å². The monoisotopic (exact) mass is 286 g/mol. The fourth-order valence-corrected chi connectivity index (χ4v) is 1.59. The van der Waals surface area contributed by atoms with Crippen LogP contribution in [0.15, 0.2) is 30.3 Å². The quantitative estimate of drug-likeness (QED) is 0.767. The third-order valence-electron chi connectivity index (χ3n) is 2.47. The van der Waals surface area contributed by atoms with Crippen LogP contribution in [0.25, 0.3) is 0 Å². The molecule has 1 rings (SSSR count). The summed E-state index contributed by atoms with van der Waals surface area (Å²) >= 11 is 0. The van der Waals surface area contributed by atoms with Gasteiger partial charge in [-0.1, -0.05) is 30.3 Å². The lowest BCUT2D eigenvalue weighted by Crippen LogP contribution is -2.36. The van der Waals surface area contributed by atoms with Crippen molar-refractivity contribution in [3.63, 3.8) is 0 Å². The van der Waals surface area contributed by atoms with E-state index < -0.39 is 0 Å². The van der Waals surface area contributed by atoms with Crippen LogP contribution in [0.3, 0.4) is 0 Å². The van der Waals surface area contributed by atoms with Gasteiger partial charge in [0.2, 0.25) is 5.91 Å². The second-order valence-corrected chi connectivity index (χ2v) is 3.84. The Labute approximate surface area is 119 Å². The summed E-state index contributed by atoms with van der Waals surface area (Å²) in [6.07, 6.45) is 0.121. The number of hydrogen-bond donors (Lipinski definition) is 2. The topological polar surface area (TPSA) is 67.4 Å². The van der Waals surface area contributed by atoms with Gasteiger partial charge in [0.15, 0.2) is 0 Å². The van der Waals surface area contributed by atoms with Crippen molar-refractivity contribution >= 4 is 24.3 Å². The maximum Gasteiger partial charge on any atom is 0.307 e. The summed E-state index contributed by atoms with van der Waals surface area (Å²) in [4.78, 5) is 22.9. The van der Waals surface area contributed by atoms with Gasteiger partial charge in [0.05, 0.1) is 26.1 Å². The lowest BCUT2D eigenvalue weighted by molar-refractivity contribution is -0.141. The van der Waals surface area contributed by atoms with E-state index in [1.807, 2.05) is 30.3 Å². The maximum atomic E-state index is 11.6. The second kappa shape index (κ2) is 9.35. The number of rotatable bonds is 6. The Morgan fingerprint density at radius 2 is 1.89 bits per heavy atom. The second-order valence-electron chi connectivity index (χ2n) is 3.84. The predicted molar refractivity (Wildman–Crippen MR) is 75.1 cm³/mol. The number of likely N-dealkylation sites (N-methyl/N-ethyl adjacent to an activating group) is 1. The minimum Gasteiger partial charge on any atom is -0.469 e. The summed E-state index contributed by atoms with van der Waals surface area (Å²) < 4.78 is 4.64. The number of halogens is 1. The Morgan fingerprint density at radius 1 is 1.26 bits per heavy atom. The van der Waals surface area contributed by atoms with Gasteiger partial charge in [-0.2, -0.15) is 0 Å². The van der Waals surface area contributed by atoms with Gasteiger partial charge in [0.25, 0.3) is 0 Å². The molecule has 0 radical (unpaired) electrons. The van der Waals surface area contributed by atoms with E-state index in [9.17, 15) is 9.59 Å². The zero-order valence-electron chi connectivity index (χ0n) is 11.0. The first-order chi connectivity index (χ1) is 8.67. The molecular formula is C13H19ClN2O3. The van der Waals surface area contributed by atoms with Crippen molar-refractivity contribution in [3.8, 4) is 0 Å². The molecule has 0 aromatic heterocycles. The summed E-state index contributed by atoms with van der Waals surface area (Å²) in [5.41, 5.74) is 0.882. The van der Waals surface area contributed by atoms with Crippen LogP contribution in [-0.2, 0) is 14.3 Å². The zero-order chi connectivity index (χ0) is 13.4. The lowest BCUT2D eigenvalue weighted by atomic mass is 10.0. The van der Waals surface area contributed by atoms with Gasteiger partial charge in [-0.15, -0.1) is 12.4 Å². The highest BCUT2D eigenvalue weighted by atomic mass is 35.5. The van der Waals surface area contributed by atoms with Crippen LogP contribution in [0.4, 0.5) is 0 Å². The molecule has 0 saturated carbocycles. The number of methoxy groups -OCH3 is 1. The average molecular weight is 287 g/mol. The molecule has 1 amide bonds. The fourth-order valence-electron chi connectivity index (χ4n) is 1.59. The largest absolute Gasteiger partial charge is 0.469 e. The molecule has 0 aliphatic rings. The molecule has 1 aromatic carbocycles. The van der Waals surface area contributed by atoms with E-state index >= 15 is 0 Å². The van der Waals surface area contributed by atoms with Gasteiger partial charge in [-0.3, -0.25) is 9.59 Å². The predicted octanol–water partition coefficient (Wildman–Crippen LogP) is 1.05. The summed E-state index contributed by atoms with van der Waals surface area (Å²) in [6.45, 7) is 0.213. The molecule has 5 nitrogen and oxygen atoms in total. The minimum atomic E-state index is -0.362. The maximum absolute atomic E-state index is 11.6. The van der Waals surface area contributed by atoms with Crippen molar-refractivity contribution in [2.24, 2.45) is 0 Å². The number of hydrogen-bond acceptors (Lipinski definition) is 4. The van der Waals surface area contributed by atoms with E-state index in [2.05, 4.69) is 15.4 Å². The van der Waals surface area contributed by atoms with Crippen LogP contribution < -0.4 is 10.6 Å². The summed E-state index contributed by atoms with van der Waals surface area (Å²) in [5, 5.41) is 5.56. The minimum absolute atomic E-state index is 0. The molecule has 19 heavy (non-hydrogen) atoms. The molecule has 0 heterocycles. The number of esters is 1. The first-order valence-corrected chi connectivity index (χ1v) is 5.73. The van der Waals surface area contributed by atoms with Gasteiger partial charge in [-0.05, 0) is 12.6 Å². The van der Waals surface area contributed by atoms with Gasteiger partial charge in [-0.25, -0.2) is 0 Å². The number of carbonyl (C=O) groups excluding carboxylic acids is 2. The molecule has 1 aromatic rings. The zero-order valence-corrected chi connectivity index (χ0v) is 11.8. The molecule has 0 spiro atoms. The van der Waals surface area contributed by atoms with Gasteiger partial charge in [0.1, 0.15) is 0 Å². The standard InChI is InChI=1S/C13H18N2O3.ClH/c1-14-9-12(16)15-11(8-13(17)18-2)10-6-4-3-5-7-10;/h3-7,11,14H,8-9H2,1-2H3,(H,15,16);1H. The smallest absolute Gasteiger partial charge is 0.307 e. The Bertz CT molecular complexity index is 398. The van der Waals surface area contributed by atoms with Crippen molar-refractivity contribution in [1.29, 1.82) is 0 Å². The first kappa shape index (κ1) is 17.4. The summed E-state index contributed by atoms with van der Waals surface area (Å²) in [5.74, 6) is -0.510. The van der Waals surface area contributed by atoms with Crippen LogP contribution >= 0.6 is 12.4 Å². The number of carbonyl (C=O) groups is 2. The van der Waals surface area contributed by atoms with Crippen molar-refractivity contribution in [3.05, 3.63) is 35.9 Å². The van der Waals surface area contributed by atoms with Gasteiger partial charge >= 0.3 is 5.97 Å². The highest BCUT2D eigenvalue weighted by Crippen LogP contribution is 2.16. The highest BCUT2D eigenvalue weighted by Gasteiger charge is 2.18. The lowest BCUT2D eigenvalue weighted by Gasteiger charge is -2.18. The van der Waals surface area contributed by atoms with E-state index in [1.54, 1.807) is 7.05 Å². The normalized spacial score (nSPS) is 11.1.